The van der Waals surface area contributed by atoms with Crippen molar-refractivity contribution in [1.29, 1.82) is 0 Å². The lowest BCUT2D eigenvalue weighted by Gasteiger charge is -2.40. The Morgan fingerprint density at radius 2 is 1.56 bits per heavy atom. The average molecular weight is 566 g/mol. The number of hydrogen-bond donors (Lipinski definition) is 2. The molecule has 0 aromatic rings. The van der Waals surface area contributed by atoms with Crippen LogP contribution in [0, 0.1) is 11.3 Å². The molecule has 0 radical (unpaired) electrons. The van der Waals surface area contributed by atoms with E-state index >= 15 is 0 Å². The van der Waals surface area contributed by atoms with Gasteiger partial charge in [-0.15, -0.1) is 24.0 Å². The fourth-order valence-corrected chi connectivity index (χ4v) is 3.61. The fourth-order valence-electron chi connectivity index (χ4n) is 3.61. The van der Waals surface area contributed by atoms with E-state index in [0.717, 1.165) is 38.4 Å². The van der Waals surface area contributed by atoms with Crippen LogP contribution in [-0.2, 0) is 9.53 Å². The molecule has 1 aliphatic carbocycles. The standard InChI is InChI=1S/C23H43N5O3.HI/c1-22(2,3)19(29)25-12-13-26-20(24-7)27-14-10-18(11-15-27)28(16-17-8-9-17)21(30)31-23(4,5)6;/h17-18H,8-16H2,1-7H3,(H,24,26)(H,25,29);1H. The minimum absolute atomic E-state index is 0. The summed E-state index contributed by atoms with van der Waals surface area (Å²) in [4.78, 5) is 33.4. The first kappa shape index (κ1) is 28.8. The van der Waals surface area contributed by atoms with Crippen molar-refractivity contribution in [2.45, 2.75) is 78.9 Å². The first-order valence-corrected chi connectivity index (χ1v) is 11.6. The molecule has 0 atom stereocenters. The number of nitrogens with one attached hydrogen (secondary N) is 2. The number of aliphatic imine (C=N–C) groups is 1. The maximum absolute atomic E-state index is 12.8. The summed E-state index contributed by atoms with van der Waals surface area (Å²) in [5, 5.41) is 6.29. The third-order valence-electron chi connectivity index (χ3n) is 5.57. The first-order chi connectivity index (χ1) is 14.4. The van der Waals surface area contributed by atoms with Crippen LogP contribution in [0.3, 0.4) is 0 Å². The molecule has 1 aliphatic heterocycles. The Morgan fingerprint density at radius 1 is 1.00 bits per heavy atom. The summed E-state index contributed by atoms with van der Waals surface area (Å²) in [5.74, 6) is 1.51. The van der Waals surface area contributed by atoms with Crippen LogP contribution in [0.4, 0.5) is 4.79 Å². The Kier molecular flexibility index (Phi) is 11.0. The van der Waals surface area contributed by atoms with E-state index in [1.807, 2.05) is 46.4 Å². The Balaban J connectivity index is 0.00000512. The minimum atomic E-state index is -0.478. The van der Waals surface area contributed by atoms with Crippen LogP contribution in [0.25, 0.3) is 0 Å². The maximum atomic E-state index is 12.8. The van der Waals surface area contributed by atoms with E-state index in [4.69, 9.17) is 4.74 Å². The molecule has 9 heteroatoms. The van der Waals surface area contributed by atoms with Crippen molar-refractivity contribution >= 4 is 41.9 Å². The molecule has 8 nitrogen and oxygen atoms in total. The van der Waals surface area contributed by atoms with E-state index in [1.165, 1.54) is 12.8 Å². The molecular formula is C23H44IN5O3. The van der Waals surface area contributed by atoms with Gasteiger partial charge in [0.05, 0.1) is 0 Å². The summed E-state index contributed by atoms with van der Waals surface area (Å²) in [7, 11) is 1.78. The van der Waals surface area contributed by atoms with Crippen molar-refractivity contribution in [2.24, 2.45) is 16.3 Å². The summed E-state index contributed by atoms with van der Waals surface area (Å²) >= 11 is 0. The average Bonchev–Trinajstić information content (AvgIpc) is 3.48. The highest BCUT2D eigenvalue weighted by Gasteiger charge is 2.35. The number of likely N-dealkylation sites (tertiary alicyclic amines) is 1. The Hall–Kier alpha value is -1.26. The molecule has 186 valence electrons. The second-order valence-electron chi connectivity index (χ2n) is 10.8. The number of amides is 2. The van der Waals surface area contributed by atoms with E-state index in [0.29, 0.717) is 19.0 Å². The predicted octanol–water partition coefficient (Wildman–Crippen LogP) is 3.45. The summed E-state index contributed by atoms with van der Waals surface area (Å²) in [5.41, 5.74) is -0.863. The van der Waals surface area contributed by atoms with Gasteiger partial charge in [-0.2, -0.15) is 0 Å². The highest BCUT2D eigenvalue weighted by Crippen LogP contribution is 2.32. The van der Waals surface area contributed by atoms with Crippen LogP contribution >= 0.6 is 24.0 Å². The van der Waals surface area contributed by atoms with Crippen molar-refractivity contribution in [3.05, 3.63) is 0 Å². The number of hydrogen-bond acceptors (Lipinski definition) is 4. The number of carbonyl (C=O) groups is 2. The quantitative estimate of drug-likeness (QED) is 0.223. The number of rotatable bonds is 6. The van der Waals surface area contributed by atoms with Crippen molar-refractivity contribution in [3.8, 4) is 0 Å². The van der Waals surface area contributed by atoms with Crippen LogP contribution in [-0.4, -0.2) is 79.2 Å². The molecule has 0 unspecified atom stereocenters. The van der Waals surface area contributed by atoms with Crippen LogP contribution in [0.15, 0.2) is 4.99 Å². The molecule has 2 aliphatic rings. The summed E-state index contributed by atoms with van der Waals surface area (Å²) in [6.45, 7) is 15.1. The summed E-state index contributed by atoms with van der Waals surface area (Å²) in [6, 6.07) is 0.205. The van der Waals surface area contributed by atoms with Gasteiger partial charge in [-0.3, -0.25) is 9.79 Å². The van der Waals surface area contributed by atoms with Crippen LogP contribution in [0.5, 0.6) is 0 Å². The number of carbonyl (C=O) groups excluding carboxylic acids is 2. The predicted molar refractivity (Wildman–Crippen MR) is 140 cm³/mol. The molecule has 2 amide bonds. The number of guanidine groups is 1. The van der Waals surface area contributed by atoms with E-state index in [1.54, 1.807) is 7.05 Å². The highest BCUT2D eigenvalue weighted by molar-refractivity contribution is 14.0. The van der Waals surface area contributed by atoms with Gasteiger partial charge in [0, 0.05) is 51.2 Å². The Bertz CT molecular complexity index is 645. The van der Waals surface area contributed by atoms with Gasteiger partial charge < -0.3 is 25.2 Å². The lowest BCUT2D eigenvalue weighted by Crippen LogP contribution is -2.53. The molecule has 2 N–H and O–H groups in total. The van der Waals surface area contributed by atoms with Gasteiger partial charge in [0.1, 0.15) is 5.60 Å². The zero-order chi connectivity index (χ0) is 23.2. The molecule has 2 rings (SSSR count). The number of ether oxygens (including phenoxy) is 1. The second-order valence-corrected chi connectivity index (χ2v) is 10.8. The van der Waals surface area contributed by atoms with Gasteiger partial charge in [0.15, 0.2) is 5.96 Å². The molecule has 0 aromatic heterocycles. The molecule has 0 aromatic carbocycles. The second kappa shape index (κ2) is 12.3. The van der Waals surface area contributed by atoms with Crippen LogP contribution < -0.4 is 10.6 Å². The molecule has 0 bridgehead atoms. The van der Waals surface area contributed by atoms with Gasteiger partial charge in [0.2, 0.25) is 5.91 Å². The van der Waals surface area contributed by atoms with Crippen LogP contribution in [0.1, 0.15) is 67.2 Å². The third-order valence-corrected chi connectivity index (χ3v) is 5.57. The molecule has 2 fully saturated rings. The van der Waals surface area contributed by atoms with Crippen molar-refractivity contribution < 1.29 is 14.3 Å². The minimum Gasteiger partial charge on any atom is -0.444 e. The van der Waals surface area contributed by atoms with Gasteiger partial charge in [-0.25, -0.2) is 4.79 Å². The Morgan fingerprint density at radius 3 is 2.03 bits per heavy atom. The molecular weight excluding hydrogens is 521 g/mol. The van der Waals surface area contributed by atoms with Gasteiger partial charge in [-0.05, 0) is 52.4 Å². The molecule has 0 spiro atoms. The topological polar surface area (TPSA) is 86.3 Å². The van der Waals surface area contributed by atoms with E-state index < -0.39 is 5.60 Å². The van der Waals surface area contributed by atoms with E-state index in [2.05, 4.69) is 20.5 Å². The number of piperidine rings is 1. The van der Waals surface area contributed by atoms with E-state index in [9.17, 15) is 9.59 Å². The third kappa shape index (κ3) is 9.70. The highest BCUT2D eigenvalue weighted by atomic mass is 127. The zero-order valence-corrected chi connectivity index (χ0v) is 23.3. The molecule has 1 heterocycles. The largest absolute Gasteiger partial charge is 0.444 e. The molecule has 32 heavy (non-hydrogen) atoms. The lowest BCUT2D eigenvalue weighted by molar-refractivity contribution is -0.128. The van der Waals surface area contributed by atoms with Gasteiger partial charge in [0.25, 0.3) is 0 Å². The zero-order valence-electron chi connectivity index (χ0n) is 21.0. The molecule has 1 saturated heterocycles. The monoisotopic (exact) mass is 565 g/mol. The fraction of sp³-hybridized carbons (Fsp3) is 0.870. The summed E-state index contributed by atoms with van der Waals surface area (Å²) in [6.07, 6.45) is 4.02. The molecule has 1 saturated carbocycles. The SMILES string of the molecule is CN=C(NCCNC(=O)C(C)(C)C)N1CCC(N(CC2CC2)C(=O)OC(C)(C)C)CC1.I. The summed E-state index contributed by atoms with van der Waals surface area (Å²) < 4.78 is 5.69. The lowest BCUT2D eigenvalue weighted by atomic mass is 9.96. The number of halogens is 1. The normalized spacial score (nSPS) is 18.0. The van der Waals surface area contributed by atoms with Gasteiger partial charge in [-0.1, -0.05) is 20.8 Å². The first-order valence-electron chi connectivity index (χ1n) is 11.6. The van der Waals surface area contributed by atoms with Crippen molar-refractivity contribution in [3.63, 3.8) is 0 Å². The Labute approximate surface area is 211 Å². The van der Waals surface area contributed by atoms with Crippen LogP contribution in [0.2, 0.25) is 0 Å². The number of nitrogens with zero attached hydrogens (tertiary/aromatic N) is 3. The van der Waals surface area contributed by atoms with Crippen molar-refractivity contribution in [2.75, 3.05) is 39.8 Å². The van der Waals surface area contributed by atoms with Gasteiger partial charge >= 0.3 is 6.09 Å². The maximum Gasteiger partial charge on any atom is 0.410 e. The van der Waals surface area contributed by atoms with Crippen molar-refractivity contribution in [1.82, 2.24) is 20.4 Å². The smallest absolute Gasteiger partial charge is 0.410 e. The van der Waals surface area contributed by atoms with E-state index in [-0.39, 0.29) is 47.4 Å².